The Morgan fingerprint density at radius 1 is 1.14 bits per heavy atom. The molecule has 0 radical (unpaired) electrons. The van der Waals surface area contributed by atoms with Gasteiger partial charge < -0.3 is 14.6 Å². The van der Waals surface area contributed by atoms with Crippen LogP contribution in [0.3, 0.4) is 0 Å². The number of phenolic OH excluding ortho intramolecular Hbond substituents is 1. The number of aromatic hydroxyl groups is 1. The molecule has 29 heavy (non-hydrogen) atoms. The van der Waals surface area contributed by atoms with Crippen molar-refractivity contribution in [2.45, 2.75) is 38.6 Å². The number of carbonyl (C=O) groups excluding carboxylic acids is 1. The molecule has 1 aliphatic heterocycles. The Kier molecular flexibility index (Phi) is 6.97. The first-order valence-electron chi connectivity index (χ1n) is 10.1. The topological polar surface area (TPSA) is 59.0 Å². The predicted octanol–water partition coefficient (Wildman–Crippen LogP) is 4.22. The number of ether oxygens (including phenoxy) is 2. The lowest BCUT2D eigenvalue weighted by Gasteiger charge is -2.29. The average molecular weight is 395 g/mol. The normalized spacial score (nSPS) is 15.4. The van der Waals surface area contributed by atoms with Crippen molar-refractivity contribution in [1.82, 2.24) is 4.90 Å². The number of hydrogen-bond acceptors (Lipinski definition) is 5. The van der Waals surface area contributed by atoms with Gasteiger partial charge in [0, 0.05) is 30.2 Å². The van der Waals surface area contributed by atoms with E-state index in [0.29, 0.717) is 23.6 Å². The zero-order chi connectivity index (χ0) is 20.8. The third kappa shape index (κ3) is 4.64. The van der Waals surface area contributed by atoms with Crippen molar-refractivity contribution in [3.05, 3.63) is 58.7 Å². The molecule has 5 heteroatoms. The third-order valence-electron chi connectivity index (χ3n) is 5.58. The highest BCUT2D eigenvalue weighted by molar-refractivity contribution is 5.64. The van der Waals surface area contributed by atoms with Crippen molar-refractivity contribution >= 4 is 5.94 Å². The molecule has 5 nitrogen and oxygen atoms in total. The summed E-state index contributed by atoms with van der Waals surface area (Å²) in [6, 6.07) is 9.69. The van der Waals surface area contributed by atoms with Gasteiger partial charge in [-0.2, -0.15) is 0 Å². The molecular formula is C24H29NO4. The Bertz CT molecular complexity index is 896. The summed E-state index contributed by atoms with van der Waals surface area (Å²) in [6.45, 7) is 4.59. The van der Waals surface area contributed by atoms with E-state index in [0.717, 1.165) is 42.6 Å². The number of allylic oxidation sites excluding steroid dienone is 1. The lowest BCUT2D eigenvalue weighted by atomic mass is 9.87. The molecule has 0 bridgehead atoms. The maximum atomic E-state index is 11.3. The van der Waals surface area contributed by atoms with Crippen LogP contribution in [0.5, 0.6) is 17.2 Å². The highest BCUT2D eigenvalue weighted by atomic mass is 16.5. The molecular weight excluding hydrogens is 366 g/mol. The summed E-state index contributed by atoms with van der Waals surface area (Å²) in [7, 11) is 3.15. The highest BCUT2D eigenvalue weighted by Crippen LogP contribution is 2.45. The quantitative estimate of drug-likeness (QED) is 0.711. The van der Waals surface area contributed by atoms with Crippen molar-refractivity contribution in [2.75, 3.05) is 27.3 Å². The summed E-state index contributed by atoms with van der Waals surface area (Å²) < 4.78 is 11.2. The molecule has 2 aromatic rings. The van der Waals surface area contributed by atoms with Crippen LogP contribution in [0.15, 0.2) is 36.4 Å². The summed E-state index contributed by atoms with van der Waals surface area (Å²) >= 11 is 0. The summed E-state index contributed by atoms with van der Waals surface area (Å²) in [5, 5.41) is 11.3. The van der Waals surface area contributed by atoms with E-state index in [1.165, 1.54) is 12.5 Å². The summed E-state index contributed by atoms with van der Waals surface area (Å²) in [6.07, 6.45) is 4.99. The van der Waals surface area contributed by atoms with Crippen molar-refractivity contribution in [3.8, 4) is 17.2 Å². The molecule has 0 aromatic heterocycles. The van der Waals surface area contributed by atoms with Crippen LogP contribution >= 0.6 is 0 Å². The average Bonchev–Trinajstić information content (AvgIpc) is 2.74. The van der Waals surface area contributed by atoms with Gasteiger partial charge in [0.15, 0.2) is 0 Å². The molecule has 2 aromatic carbocycles. The number of methoxy groups -OCH3 is 2. The second-order valence-corrected chi connectivity index (χ2v) is 7.54. The zero-order valence-corrected chi connectivity index (χ0v) is 17.4. The molecule has 0 spiro atoms. The van der Waals surface area contributed by atoms with Crippen molar-refractivity contribution in [2.24, 2.45) is 0 Å². The largest absolute Gasteiger partial charge is 0.507 e. The Morgan fingerprint density at radius 3 is 2.48 bits per heavy atom. The van der Waals surface area contributed by atoms with Crippen molar-refractivity contribution in [3.63, 3.8) is 0 Å². The van der Waals surface area contributed by atoms with Crippen LogP contribution in [-0.4, -0.2) is 43.3 Å². The SMILES string of the molecule is COc1cc(OC)c(C(C=C=O)c2cccc(C)c2)c(O)c1CN1CCCCC1. The summed E-state index contributed by atoms with van der Waals surface area (Å²) in [4.78, 5) is 13.7. The number of phenols is 1. The summed E-state index contributed by atoms with van der Waals surface area (Å²) in [5.74, 6) is 2.64. The Labute approximate surface area is 172 Å². The first-order chi connectivity index (χ1) is 14.1. The van der Waals surface area contributed by atoms with E-state index in [2.05, 4.69) is 4.90 Å². The molecule has 3 rings (SSSR count). The standard InChI is InChI=1S/C24H29NO4/c1-17-8-7-9-18(14-17)19(10-13-26)23-22(29-3)15-21(28-2)20(24(23)27)16-25-11-5-4-6-12-25/h7-10,14-15,19,27H,4-6,11-12,16H2,1-3H3. The minimum Gasteiger partial charge on any atom is -0.507 e. The van der Waals surface area contributed by atoms with E-state index in [1.807, 2.05) is 37.1 Å². The third-order valence-corrected chi connectivity index (χ3v) is 5.58. The Hall–Kier alpha value is -2.75. The number of hydrogen-bond donors (Lipinski definition) is 1. The Balaban J connectivity index is 2.14. The number of aryl methyl sites for hydroxylation is 1. The minimum atomic E-state index is -0.464. The fraction of sp³-hybridized carbons (Fsp3) is 0.417. The molecule has 1 N–H and O–H groups in total. The van der Waals surface area contributed by atoms with Crippen LogP contribution in [0, 0.1) is 6.92 Å². The molecule has 1 saturated heterocycles. The van der Waals surface area contributed by atoms with Crippen LogP contribution in [0.2, 0.25) is 0 Å². The molecule has 0 amide bonds. The molecule has 1 unspecified atom stereocenters. The molecule has 1 atom stereocenters. The van der Waals surface area contributed by atoms with Gasteiger partial charge >= 0.3 is 0 Å². The first-order valence-corrected chi connectivity index (χ1v) is 10.1. The Morgan fingerprint density at radius 2 is 1.86 bits per heavy atom. The van der Waals surface area contributed by atoms with Crippen LogP contribution < -0.4 is 9.47 Å². The number of rotatable bonds is 7. The van der Waals surface area contributed by atoms with Gasteiger partial charge in [0.25, 0.3) is 0 Å². The van der Waals surface area contributed by atoms with E-state index in [1.54, 1.807) is 20.3 Å². The molecule has 1 aliphatic rings. The second kappa shape index (κ2) is 9.64. The smallest absolute Gasteiger partial charge is 0.131 e. The van der Waals surface area contributed by atoms with Gasteiger partial charge in [0.1, 0.15) is 23.2 Å². The van der Waals surface area contributed by atoms with Crippen LogP contribution in [-0.2, 0) is 11.3 Å². The molecule has 1 fully saturated rings. The lowest BCUT2D eigenvalue weighted by Crippen LogP contribution is -2.29. The fourth-order valence-electron chi connectivity index (χ4n) is 4.10. The van der Waals surface area contributed by atoms with Crippen LogP contribution in [0.4, 0.5) is 0 Å². The van der Waals surface area contributed by atoms with Gasteiger partial charge in [0.05, 0.1) is 19.8 Å². The van der Waals surface area contributed by atoms with E-state index >= 15 is 0 Å². The van der Waals surface area contributed by atoms with E-state index in [9.17, 15) is 9.90 Å². The van der Waals surface area contributed by atoms with Crippen LogP contribution in [0.25, 0.3) is 0 Å². The van der Waals surface area contributed by atoms with Gasteiger partial charge in [-0.05, 0) is 38.4 Å². The van der Waals surface area contributed by atoms with Gasteiger partial charge in [-0.15, -0.1) is 0 Å². The monoisotopic (exact) mass is 395 g/mol. The zero-order valence-electron chi connectivity index (χ0n) is 17.4. The van der Waals surface area contributed by atoms with Gasteiger partial charge in [-0.1, -0.05) is 36.2 Å². The van der Waals surface area contributed by atoms with E-state index < -0.39 is 5.92 Å². The minimum absolute atomic E-state index is 0.116. The molecule has 0 aliphatic carbocycles. The number of nitrogens with zero attached hydrogens (tertiary/aromatic N) is 1. The van der Waals surface area contributed by atoms with Crippen LogP contribution in [0.1, 0.15) is 47.4 Å². The molecule has 1 heterocycles. The van der Waals surface area contributed by atoms with Crippen molar-refractivity contribution in [1.29, 1.82) is 0 Å². The van der Waals surface area contributed by atoms with Gasteiger partial charge in [-0.3, -0.25) is 4.90 Å². The van der Waals surface area contributed by atoms with E-state index in [4.69, 9.17) is 9.47 Å². The highest BCUT2D eigenvalue weighted by Gasteiger charge is 2.27. The molecule has 154 valence electrons. The summed E-state index contributed by atoms with van der Waals surface area (Å²) in [5.41, 5.74) is 3.26. The first kappa shape index (κ1) is 21.0. The predicted molar refractivity (Wildman–Crippen MR) is 114 cm³/mol. The second-order valence-electron chi connectivity index (χ2n) is 7.54. The maximum Gasteiger partial charge on any atom is 0.131 e. The number of piperidine rings is 1. The van der Waals surface area contributed by atoms with Crippen molar-refractivity contribution < 1.29 is 19.4 Å². The van der Waals surface area contributed by atoms with Gasteiger partial charge in [0.2, 0.25) is 0 Å². The lowest BCUT2D eigenvalue weighted by molar-refractivity contribution is 0.215. The fourth-order valence-corrected chi connectivity index (χ4v) is 4.10. The number of benzene rings is 2. The maximum absolute atomic E-state index is 11.3. The van der Waals surface area contributed by atoms with Gasteiger partial charge in [-0.25, -0.2) is 4.79 Å². The molecule has 0 saturated carbocycles. The van der Waals surface area contributed by atoms with E-state index in [-0.39, 0.29) is 5.75 Å². The number of likely N-dealkylation sites (tertiary alicyclic amines) is 1.